The molecule has 18 heavy (non-hydrogen) atoms. The quantitative estimate of drug-likeness (QED) is 0.666. The predicted molar refractivity (Wildman–Crippen MR) is 77.7 cm³/mol. The lowest BCUT2D eigenvalue weighted by Gasteiger charge is -2.27. The van der Waals surface area contributed by atoms with Crippen LogP contribution in [0.3, 0.4) is 0 Å². The number of primary amides is 1. The van der Waals surface area contributed by atoms with E-state index in [2.05, 4.69) is 12.2 Å². The van der Waals surface area contributed by atoms with Gasteiger partial charge in [0.15, 0.2) is 0 Å². The number of rotatable bonds is 8. The van der Waals surface area contributed by atoms with Gasteiger partial charge in [-0.3, -0.25) is 4.79 Å². The van der Waals surface area contributed by atoms with Crippen LogP contribution < -0.4 is 11.1 Å². The van der Waals surface area contributed by atoms with E-state index < -0.39 is 0 Å². The Morgan fingerprint density at radius 3 is 2.78 bits per heavy atom. The number of nitrogens with one attached hydrogen (secondary N) is 1. The van der Waals surface area contributed by atoms with Crippen LogP contribution in [0.2, 0.25) is 0 Å². The fourth-order valence-electron chi connectivity index (χ4n) is 2.79. The van der Waals surface area contributed by atoms with Gasteiger partial charge in [0.05, 0.1) is 5.54 Å². The van der Waals surface area contributed by atoms with E-state index in [0.29, 0.717) is 11.3 Å². The van der Waals surface area contributed by atoms with Gasteiger partial charge in [-0.1, -0.05) is 19.8 Å². The van der Waals surface area contributed by atoms with E-state index in [9.17, 15) is 4.79 Å². The molecule has 2 unspecified atom stereocenters. The van der Waals surface area contributed by atoms with Crippen LogP contribution in [0.4, 0.5) is 0 Å². The number of amides is 1. The molecule has 3 N–H and O–H groups in total. The Hall–Kier alpha value is -0.220. The van der Waals surface area contributed by atoms with Crippen molar-refractivity contribution in [2.75, 3.05) is 5.75 Å². The molecule has 0 aromatic carbocycles. The van der Waals surface area contributed by atoms with E-state index in [4.69, 9.17) is 5.73 Å². The highest BCUT2D eigenvalue weighted by Crippen LogP contribution is 2.39. The van der Waals surface area contributed by atoms with Crippen molar-refractivity contribution in [3.8, 4) is 0 Å². The zero-order valence-corrected chi connectivity index (χ0v) is 12.2. The lowest BCUT2D eigenvalue weighted by molar-refractivity contribution is -0.124. The van der Waals surface area contributed by atoms with Gasteiger partial charge in [0.1, 0.15) is 0 Å². The average molecular weight is 270 g/mol. The number of thioether (sulfide) groups is 1. The smallest absolute Gasteiger partial charge is 0.237 e. The van der Waals surface area contributed by atoms with Crippen molar-refractivity contribution in [1.29, 1.82) is 0 Å². The highest BCUT2D eigenvalue weighted by molar-refractivity contribution is 7.99. The standard InChI is InChI=1S/C14H26N2OS/c1-2-3-4-9-18-12-7-8-14(10-12,13(15)17)16-11-5-6-11/h11-12,16H,2-10H2,1H3,(H2,15,17). The summed E-state index contributed by atoms with van der Waals surface area (Å²) >= 11 is 2.04. The summed E-state index contributed by atoms with van der Waals surface area (Å²) in [6, 6.07) is 0.557. The molecule has 3 nitrogen and oxygen atoms in total. The maximum atomic E-state index is 11.8. The molecule has 0 heterocycles. The van der Waals surface area contributed by atoms with Gasteiger partial charge in [-0.15, -0.1) is 0 Å². The van der Waals surface area contributed by atoms with E-state index in [0.717, 1.165) is 19.3 Å². The topological polar surface area (TPSA) is 55.1 Å². The van der Waals surface area contributed by atoms with Crippen LogP contribution in [-0.4, -0.2) is 28.5 Å². The van der Waals surface area contributed by atoms with Crippen molar-refractivity contribution >= 4 is 17.7 Å². The van der Waals surface area contributed by atoms with E-state index in [1.54, 1.807) is 0 Å². The molecule has 0 bridgehead atoms. The van der Waals surface area contributed by atoms with Crippen molar-refractivity contribution in [3.63, 3.8) is 0 Å². The largest absolute Gasteiger partial charge is 0.368 e. The summed E-state index contributed by atoms with van der Waals surface area (Å²) in [6.07, 6.45) is 9.34. The van der Waals surface area contributed by atoms with Gasteiger partial charge in [-0.05, 0) is 44.3 Å². The van der Waals surface area contributed by atoms with Crippen LogP contribution in [0.15, 0.2) is 0 Å². The molecule has 0 spiro atoms. The zero-order chi connectivity index (χ0) is 13.0. The molecule has 2 atom stereocenters. The highest BCUT2D eigenvalue weighted by Gasteiger charge is 2.46. The van der Waals surface area contributed by atoms with E-state index in [1.807, 2.05) is 11.8 Å². The lowest BCUT2D eigenvalue weighted by atomic mass is 9.96. The molecule has 104 valence electrons. The van der Waals surface area contributed by atoms with Gasteiger partial charge in [-0.25, -0.2) is 0 Å². The summed E-state index contributed by atoms with van der Waals surface area (Å²) in [4.78, 5) is 11.8. The zero-order valence-electron chi connectivity index (χ0n) is 11.4. The number of hydrogen-bond donors (Lipinski definition) is 2. The second kappa shape index (κ2) is 6.29. The normalized spacial score (nSPS) is 31.7. The highest BCUT2D eigenvalue weighted by atomic mass is 32.2. The molecule has 4 heteroatoms. The van der Waals surface area contributed by atoms with Crippen molar-refractivity contribution in [1.82, 2.24) is 5.32 Å². The first-order chi connectivity index (χ1) is 8.66. The number of carbonyl (C=O) groups excluding carboxylic acids is 1. The number of unbranched alkanes of at least 4 members (excludes halogenated alkanes) is 2. The van der Waals surface area contributed by atoms with E-state index >= 15 is 0 Å². The van der Waals surface area contributed by atoms with Gasteiger partial charge in [0.2, 0.25) is 5.91 Å². The fraction of sp³-hybridized carbons (Fsp3) is 0.929. The summed E-state index contributed by atoms with van der Waals surface area (Å²) in [5.41, 5.74) is 5.25. The lowest BCUT2D eigenvalue weighted by Crippen LogP contribution is -2.54. The Morgan fingerprint density at radius 1 is 1.39 bits per heavy atom. The van der Waals surface area contributed by atoms with Gasteiger partial charge in [0, 0.05) is 11.3 Å². The molecule has 1 amide bonds. The predicted octanol–water partition coefficient (Wildman–Crippen LogP) is 2.44. The third kappa shape index (κ3) is 3.64. The van der Waals surface area contributed by atoms with Crippen molar-refractivity contribution in [2.45, 2.75) is 75.1 Å². The monoisotopic (exact) mass is 270 g/mol. The summed E-state index contributed by atoms with van der Waals surface area (Å²) in [5.74, 6) is 1.10. The first-order valence-electron chi connectivity index (χ1n) is 7.35. The van der Waals surface area contributed by atoms with Crippen LogP contribution in [0.25, 0.3) is 0 Å². The number of nitrogens with two attached hydrogens (primary N) is 1. The minimum absolute atomic E-state index is 0.133. The summed E-state index contributed by atoms with van der Waals surface area (Å²) < 4.78 is 0. The van der Waals surface area contributed by atoms with Gasteiger partial charge in [-0.2, -0.15) is 11.8 Å². The first-order valence-corrected chi connectivity index (χ1v) is 8.40. The molecule has 2 aliphatic carbocycles. The molecule has 0 aromatic heterocycles. The summed E-state index contributed by atoms with van der Waals surface area (Å²) in [7, 11) is 0. The van der Waals surface area contributed by atoms with Gasteiger partial charge in [0.25, 0.3) is 0 Å². The molecule has 0 aliphatic heterocycles. The third-order valence-electron chi connectivity index (χ3n) is 4.10. The Morgan fingerprint density at radius 2 is 2.17 bits per heavy atom. The maximum absolute atomic E-state index is 11.8. The van der Waals surface area contributed by atoms with E-state index in [-0.39, 0.29) is 11.4 Å². The summed E-state index contributed by atoms with van der Waals surface area (Å²) in [5, 5.41) is 4.14. The Labute approximate surface area is 115 Å². The molecule has 2 saturated carbocycles. The van der Waals surface area contributed by atoms with Gasteiger partial charge < -0.3 is 11.1 Å². The molecular weight excluding hydrogens is 244 g/mol. The van der Waals surface area contributed by atoms with E-state index in [1.165, 1.54) is 37.9 Å². The molecule has 2 fully saturated rings. The molecule has 2 rings (SSSR count). The van der Waals surface area contributed by atoms with Crippen LogP contribution in [0, 0.1) is 0 Å². The van der Waals surface area contributed by atoms with Crippen LogP contribution in [-0.2, 0) is 4.79 Å². The second-order valence-electron chi connectivity index (χ2n) is 5.81. The SMILES string of the molecule is CCCCCSC1CCC(NC2CC2)(C(N)=O)C1. The minimum atomic E-state index is -0.385. The first kappa shape index (κ1) is 14.2. The Bertz CT molecular complexity index is 294. The summed E-state index contributed by atoms with van der Waals surface area (Å²) in [6.45, 7) is 2.23. The molecule has 2 aliphatic rings. The number of carbonyl (C=O) groups is 1. The average Bonchev–Trinajstić information content (AvgIpc) is 3.04. The van der Waals surface area contributed by atoms with Crippen LogP contribution in [0.5, 0.6) is 0 Å². The third-order valence-corrected chi connectivity index (χ3v) is 5.50. The minimum Gasteiger partial charge on any atom is -0.368 e. The fourth-order valence-corrected chi connectivity index (χ4v) is 4.18. The number of hydrogen-bond acceptors (Lipinski definition) is 3. The molecular formula is C14H26N2OS. The van der Waals surface area contributed by atoms with Crippen molar-refractivity contribution in [3.05, 3.63) is 0 Å². The molecule has 0 aromatic rings. The molecule has 0 radical (unpaired) electrons. The molecule has 0 saturated heterocycles. The van der Waals surface area contributed by atoms with Crippen molar-refractivity contribution < 1.29 is 4.79 Å². The Kier molecular flexibility index (Phi) is 4.96. The Balaban J connectivity index is 1.78. The van der Waals surface area contributed by atoms with Crippen LogP contribution in [0.1, 0.15) is 58.3 Å². The van der Waals surface area contributed by atoms with Gasteiger partial charge >= 0.3 is 0 Å². The maximum Gasteiger partial charge on any atom is 0.237 e. The van der Waals surface area contributed by atoms with Crippen LogP contribution >= 0.6 is 11.8 Å². The van der Waals surface area contributed by atoms with Crippen molar-refractivity contribution in [2.24, 2.45) is 5.73 Å². The second-order valence-corrected chi connectivity index (χ2v) is 7.22.